The molecule has 0 radical (unpaired) electrons. The number of rotatable bonds is 2. The molecule has 7 aromatic rings. The van der Waals surface area contributed by atoms with Crippen LogP contribution in [0.5, 0.6) is 23.0 Å². The summed E-state index contributed by atoms with van der Waals surface area (Å²) in [6, 6.07) is 35.7. The predicted molar refractivity (Wildman–Crippen MR) is 192 cm³/mol. The minimum atomic E-state index is 0.0486. The van der Waals surface area contributed by atoms with Crippen LogP contribution in [0.1, 0.15) is 33.4 Å². The fourth-order valence-electron chi connectivity index (χ4n) is 7.69. The van der Waals surface area contributed by atoms with Crippen LogP contribution in [-0.2, 0) is 0 Å². The molecule has 0 N–H and O–H groups in total. The van der Waals surface area contributed by atoms with E-state index in [-0.39, 0.29) is 6.71 Å². The number of aryl methyl sites for hydroxylation is 6. The van der Waals surface area contributed by atoms with E-state index < -0.39 is 0 Å². The molecule has 3 heterocycles. The molecule has 0 bridgehead atoms. The summed E-state index contributed by atoms with van der Waals surface area (Å²) in [6.45, 7) is 13.1. The Hall–Kier alpha value is -5.22. The van der Waals surface area contributed by atoms with Crippen molar-refractivity contribution in [2.45, 2.75) is 41.5 Å². The zero-order valence-corrected chi connectivity index (χ0v) is 27.1. The Morgan fingerprint density at radius 3 is 1.65 bits per heavy atom. The van der Waals surface area contributed by atoms with Crippen LogP contribution >= 0.6 is 0 Å². The lowest BCUT2D eigenvalue weighted by atomic mass is 9.34. The van der Waals surface area contributed by atoms with Gasteiger partial charge in [-0.15, -0.1) is 0 Å². The Balaban J connectivity index is 1.18. The summed E-state index contributed by atoms with van der Waals surface area (Å²) >= 11 is 0. The Labute approximate surface area is 270 Å². The standard InChI is InChI=1S/C42H34BNO2/c1-23-18-32-33-19-24(2)26(4)21-37(33)44(36(32)20-25(23)3)31-14-11-29(12-15-31)30-13-16-39-35(22-30)43-34-9-7-8-10-38(34)45-41-27(5)17-28(6)42(46-39)40(41)43/h7-22H,1-6H3. The van der Waals surface area contributed by atoms with E-state index >= 15 is 0 Å². The van der Waals surface area contributed by atoms with Crippen LogP contribution in [0, 0.1) is 41.5 Å². The van der Waals surface area contributed by atoms with Crippen molar-refractivity contribution < 1.29 is 9.47 Å². The fraction of sp³-hybridized carbons (Fsp3) is 0.143. The first-order chi connectivity index (χ1) is 22.3. The first-order valence-corrected chi connectivity index (χ1v) is 16.1. The van der Waals surface area contributed by atoms with Gasteiger partial charge in [0.1, 0.15) is 23.0 Å². The van der Waals surface area contributed by atoms with Gasteiger partial charge >= 0.3 is 0 Å². The molecule has 2 aliphatic heterocycles. The molecule has 6 aromatic carbocycles. The third-order valence-corrected chi connectivity index (χ3v) is 10.4. The number of ether oxygens (including phenoxy) is 2. The van der Waals surface area contributed by atoms with Gasteiger partial charge in [0, 0.05) is 21.9 Å². The normalized spacial score (nSPS) is 12.9. The highest BCUT2D eigenvalue weighted by Crippen LogP contribution is 2.40. The fourth-order valence-corrected chi connectivity index (χ4v) is 7.69. The molecule has 9 rings (SSSR count). The van der Waals surface area contributed by atoms with Crippen molar-refractivity contribution in [3.63, 3.8) is 0 Å². The zero-order chi connectivity index (χ0) is 31.4. The number of hydrogen-bond acceptors (Lipinski definition) is 2. The average Bonchev–Trinajstić information content (AvgIpc) is 3.34. The molecule has 0 atom stereocenters. The zero-order valence-electron chi connectivity index (χ0n) is 27.1. The molecule has 3 nitrogen and oxygen atoms in total. The van der Waals surface area contributed by atoms with Gasteiger partial charge in [0.25, 0.3) is 6.71 Å². The van der Waals surface area contributed by atoms with Gasteiger partial charge < -0.3 is 14.0 Å². The lowest BCUT2D eigenvalue weighted by Crippen LogP contribution is -2.57. The number of para-hydroxylation sites is 1. The van der Waals surface area contributed by atoms with E-state index in [4.69, 9.17) is 9.47 Å². The molecule has 0 unspecified atom stereocenters. The van der Waals surface area contributed by atoms with Crippen LogP contribution in [0.15, 0.2) is 97.1 Å². The largest absolute Gasteiger partial charge is 0.458 e. The Bertz CT molecular complexity index is 2350. The maximum absolute atomic E-state index is 6.62. The smallest absolute Gasteiger partial charge is 0.260 e. The maximum Gasteiger partial charge on any atom is 0.260 e. The molecule has 1 aromatic heterocycles. The number of hydrogen-bond donors (Lipinski definition) is 0. The highest BCUT2D eigenvalue weighted by molar-refractivity contribution is 6.98. The Morgan fingerprint density at radius 2 is 1.02 bits per heavy atom. The summed E-state index contributed by atoms with van der Waals surface area (Å²) in [4.78, 5) is 0. The molecule has 222 valence electrons. The van der Waals surface area contributed by atoms with E-state index in [2.05, 4.69) is 143 Å². The lowest BCUT2D eigenvalue weighted by Gasteiger charge is -2.34. The molecule has 0 amide bonds. The van der Waals surface area contributed by atoms with Gasteiger partial charge in [-0.3, -0.25) is 0 Å². The van der Waals surface area contributed by atoms with Crippen molar-refractivity contribution in [2.24, 2.45) is 0 Å². The van der Waals surface area contributed by atoms with Gasteiger partial charge in [-0.05, 0) is 152 Å². The molecule has 46 heavy (non-hydrogen) atoms. The second kappa shape index (κ2) is 9.64. The van der Waals surface area contributed by atoms with E-state index in [0.29, 0.717) is 0 Å². The topological polar surface area (TPSA) is 23.4 Å². The van der Waals surface area contributed by atoms with Crippen molar-refractivity contribution in [3.8, 4) is 39.8 Å². The van der Waals surface area contributed by atoms with Gasteiger partial charge in [0.05, 0.1) is 11.0 Å². The molecule has 0 saturated heterocycles. The van der Waals surface area contributed by atoms with E-state index in [1.54, 1.807) is 0 Å². The van der Waals surface area contributed by atoms with Crippen LogP contribution in [0.3, 0.4) is 0 Å². The molecule has 4 heteroatoms. The monoisotopic (exact) mass is 595 g/mol. The number of fused-ring (bicyclic) bond motifs is 7. The quantitative estimate of drug-likeness (QED) is 0.186. The number of aromatic nitrogens is 1. The average molecular weight is 596 g/mol. The summed E-state index contributed by atoms with van der Waals surface area (Å²) in [5.41, 5.74) is 17.0. The second-order valence-electron chi connectivity index (χ2n) is 13.3. The van der Waals surface area contributed by atoms with Gasteiger partial charge in [-0.2, -0.15) is 0 Å². The van der Waals surface area contributed by atoms with Gasteiger partial charge in [-0.1, -0.05) is 42.5 Å². The summed E-state index contributed by atoms with van der Waals surface area (Å²) in [7, 11) is 0. The van der Waals surface area contributed by atoms with Crippen LogP contribution < -0.4 is 25.9 Å². The van der Waals surface area contributed by atoms with Crippen molar-refractivity contribution >= 4 is 44.9 Å². The molecule has 2 aliphatic rings. The minimum absolute atomic E-state index is 0.0486. The van der Waals surface area contributed by atoms with Crippen molar-refractivity contribution in [3.05, 3.63) is 130 Å². The predicted octanol–water partition coefficient (Wildman–Crippen LogP) is 9.03. The van der Waals surface area contributed by atoms with Gasteiger partial charge in [0.15, 0.2) is 0 Å². The molecule has 0 spiro atoms. The summed E-state index contributed by atoms with van der Waals surface area (Å²) < 4.78 is 15.5. The summed E-state index contributed by atoms with van der Waals surface area (Å²) in [6.07, 6.45) is 0. The van der Waals surface area contributed by atoms with E-state index in [9.17, 15) is 0 Å². The molecule has 0 saturated carbocycles. The molecular formula is C42H34BNO2. The van der Waals surface area contributed by atoms with Gasteiger partial charge in [-0.25, -0.2) is 0 Å². The van der Waals surface area contributed by atoms with E-state index in [1.807, 2.05) is 0 Å². The molecular weight excluding hydrogens is 561 g/mol. The van der Waals surface area contributed by atoms with Crippen LogP contribution in [0.25, 0.3) is 38.6 Å². The Morgan fingerprint density at radius 1 is 0.478 bits per heavy atom. The van der Waals surface area contributed by atoms with Crippen molar-refractivity contribution in [1.82, 2.24) is 4.57 Å². The van der Waals surface area contributed by atoms with Crippen molar-refractivity contribution in [2.75, 3.05) is 0 Å². The summed E-state index contributed by atoms with van der Waals surface area (Å²) in [5.74, 6) is 3.68. The summed E-state index contributed by atoms with van der Waals surface area (Å²) in [5, 5.41) is 2.61. The van der Waals surface area contributed by atoms with Crippen LogP contribution in [0.4, 0.5) is 0 Å². The van der Waals surface area contributed by atoms with Gasteiger partial charge in [0.2, 0.25) is 0 Å². The Kier molecular flexibility index (Phi) is 5.69. The minimum Gasteiger partial charge on any atom is -0.458 e. The maximum atomic E-state index is 6.62. The number of nitrogens with zero attached hydrogens (tertiary/aromatic N) is 1. The third kappa shape index (κ3) is 3.80. The first-order valence-electron chi connectivity index (χ1n) is 16.1. The highest BCUT2D eigenvalue weighted by atomic mass is 16.5. The van der Waals surface area contributed by atoms with Crippen LogP contribution in [-0.4, -0.2) is 11.3 Å². The van der Waals surface area contributed by atoms with Crippen LogP contribution in [0.2, 0.25) is 0 Å². The third-order valence-electron chi connectivity index (χ3n) is 10.4. The molecule has 0 fully saturated rings. The van der Waals surface area contributed by atoms with Crippen molar-refractivity contribution in [1.29, 1.82) is 0 Å². The lowest BCUT2D eigenvalue weighted by molar-refractivity contribution is 0.460. The second-order valence-corrected chi connectivity index (χ2v) is 13.3. The molecule has 0 aliphatic carbocycles. The highest BCUT2D eigenvalue weighted by Gasteiger charge is 2.41. The SMILES string of the molecule is Cc1cc2c3cc(C)c(C)cc3n(-c3ccc(-c4ccc5c(c4)B4c6ccccc6Oc6c(C)cc(C)c(c64)O5)cc3)c2cc1C. The first kappa shape index (κ1) is 27.1. The van der Waals surface area contributed by atoms with E-state index in [0.717, 1.165) is 39.6 Å². The number of benzene rings is 6. The van der Waals surface area contributed by atoms with E-state index in [1.165, 1.54) is 71.8 Å².